The van der Waals surface area contributed by atoms with Crippen LogP contribution in [0, 0.1) is 11.3 Å². The molecule has 1 heterocycles. The molecule has 1 aromatic heterocycles. The van der Waals surface area contributed by atoms with E-state index in [1.165, 1.54) is 17.4 Å². The van der Waals surface area contributed by atoms with Crippen LogP contribution in [0.1, 0.15) is 4.88 Å². The molecule has 0 unspecified atom stereocenters. The molecule has 0 saturated carbocycles. The summed E-state index contributed by atoms with van der Waals surface area (Å²) in [6, 6.07) is 3.71. The van der Waals surface area contributed by atoms with Gasteiger partial charge < -0.3 is 0 Å². The lowest BCUT2D eigenvalue weighted by atomic mass is 10.4. The zero-order chi connectivity index (χ0) is 7.40. The summed E-state index contributed by atoms with van der Waals surface area (Å²) in [4.78, 5) is 0.934. The van der Waals surface area contributed by atoms with Gasteiger partial charge in [-0.2, -0.15) is 5.26 Å². The van der Waals surface area contributed by atoms with Crippen LogP contribution in [-0.4, -0.2) is 0 Å². The van der Waals surface area contributed by atoms with E-state index in [9.17, 15) is 0 Å². The molecule has 50 valence electrons. The molecule has 0 radical (unpaired) electrons. The average Bonchev–Trinajstić information content (AvgIpc) is 2.31. The van der Waals surface area contributed by atoms with Crippen molar-refractivity contribution in [3.05, 3.63) is 27.4 Å². The lowest BCUT2D eigenvalue weighted by molar-refractivity contribution is 1.54. The van der Waals surface area contributed by atoms with E-state index in [0.29, 0.717) is 5.02 Å². The first kappa shape index (κ1) is 7.33. The zero-order valence-electron chi connectivity index (χ0n) is 5.04. The van der Waals surface area contributed by atoms with Crippen molar-refractivity contribution in [2.75, 3.05) is 0 Å². The first-order chi connectivity index (χ1) is 4.84. The Morgan fingerprint density at radius 1 is 1.70 bits per heavy atom. The number of halogens is 1. The summed E-state index contributed by atoms with van der Waals surface area (Å²) in [6.45, 7) is 0. The third kappa shape index (κ3) is 1.60. The minimum Gasteiger partial charge on any atom is -0.193 e. The van der Waals surface area contributed by atoms with Crippen LogP contribution in [0.5, 0.6) is 0 Å². The average molecular weight is 170 g/mol. The fourth-order valence-corrected chi connectivity index (χ4v) is 1.55. The first-order valence-electron chi connectivity index (χ1n) is 2.64. The molecule has 0 aliphatic carbocycles. The summed E-state index contributed by atoms with van der Waals surface area (Å²) < 4.78 is 0. The zero-order valence-corrected chi connectivity index (χ0v) is 6.62. The molecule has 0 atom stereocenters. The second kappa shape index (κ2) is 3.40. The van der Waals surface area contributed by atoms with Gasteiger partial charge >= 0.3 is 0 Å². The highest BCUT2D eigenvalue weighted by atomic mass is 35.5. The largest absolute Gasteiger partial charge is 0.193 e. The first-order valence-corrected chi connectivity index (χ1v) is 3.89. The molecular formula is C7H4ClNS. The van der Waals surface area contributed by atoms with Gasteiger partial charge in [0.25, 0.3) is 0 Å². The van der Waals surface area contributed by atoms with Gasteiger partial charge in [-0.15, -0.1) is 11.3 Å². The van der Waals surface area contributed by atoms with Gasteiger partial charge in [0.05, 0.1) is 11.1 Å². The summed E-state index contributed by atoms with van der Waals surface area (Å²) in [6.07, 6.45) is 3.12. The smallest absolute Gasteiger partial charge is 0.0912 e. The highest BCUT2D eigenvalue weighted by molar-refractivity contribution is 7.11. The van der Waals surface area contributed by atoms with Crippen LogP contribution in [-0.2, 0) is 0 Å². The molecule has 0 saturated heterocycles. The predicted octanol–water partition coefficient (Wildman–Crippen LogP) is 2.94. The molecule has 0 N–H and O–H groups in total. The Labute approximate surface area is 68.2 Å². The second-order valence-electron chi connectivity index (χ2n) is 1.60. The van der Waals surface area contributed by atoms with E-state index in [4.69, 9.17) is 16.9 Å². The molecule has 1 rings (SSSR count). The molecule has 0 aromatic carbocycles. The standard InChI is InChI=1S/C7H4ClNS/c8-6-3-5-10-7(6)2-1-4-9/h1-3,5H. The molecular weight excluding hydrogens is 166 g/mol. The van der Waals surface area contributed by atoms with Crippen molar-refractivity contribution in [1.29, 1.82) is 5.26 Å². The number of allylic oxidation sites excluding steroid dienone is 1. The Morgan fingerprint density at radius 3 is 3.00 bits per heavy atom. The maximum Gasteiger partial charge on any atom is 0.0912 e. The maximum atomic E-state index is 8.18. The van der Waals surface area contributed by atoms with Crippen LogP contribution < -0.4 is 0 Å². The van der Waals surface area contributed by atoms with Crippen molar-refractivity contribution < 1.29 is 0 Å². The summed E-state index contributed by atoms with van der Waals surface area (Å²) in [5.41, 5.74) is 0. The maximum absolute atomic E-state index is 8.18. The monoisotopic (exact) mass is 169 g/mol. The van der Waals surface area contributed by atoms with Crippen LogP contribution in [0.4, 0.5) is 0 Å². The van der Waals surface area contributed by atoms with Gasteiger partial charge in [-0.3, -0.25) is 0 Å². The Bertz CT molecular complexity index is 282. The fourth-order valence-electron chi connectivity index (χ4n) is 0.537. The van der Waals surface area contributed by atoms with Gasteiger partial charge in [-0.05, 0) is 17.5 Å². The van der Waals surface area contributed by atoms with E-state index in [0.717, 1.165) is 4.88 Å². The lowest BCUT2D eigenvalue weighted by Crippen LogP contribution is -1.58. The van der Waals surface area contributed by atoms with E-state index < -0.39 is 0 Å². The summed E-state index contributed by atoms with van der Waals surface area (Å²) in [7, 11) is 0. The number of rotatable bonds is 1. The molecule has 1 nitrogen and oxygen atoms in total. The topological polar surface area (TPSA) is 23.8 Å². The number of hydrogen-bond acceptors (Lipinski definition) is 2. The summed E-state index contributed by atoms with van der Waals surface area (Å²) in [5.74, 6) is 0. The molecule has 0 amide bonds. The highest BCUT2D eigenvalue weighted by Crippen LogP contribution is 2.22. The SMILES string of the molecule is N#CC=Cc1sccc1Cl. The van der Waals surface area contributed by atoms with E-state index in [-0.39, 0.29) is 0 Å². The second-order valence-corrected chi connectivity index (χ2v) is 2.95. The minimum atomic E-state index is 0.705. The predicted molar refractivity (Wildman–Crippen MR) is 44.0 cm³/mol. The summed E-state index contributed by atoms with van der Waals surface area (Å²) in [5, 5.41) is 10.8. The van der Waals surface area contributed by atoms with E-state index in [1.807, 2.05) is 17.5 Å². The van der Waals surface area contributed by atoms with Gasteiger partial charge in [-0.25, -0.2) is 0 Å². The van der Waals surface area contributed by atoms with E-state index >= 15 is 0 Å². The highest BCUT2D eigenvalue weighted by Gasteiger charge is 1.94. The van der Waals surface area contributed by atoms with Crippen LogP contribution in [0.2, 0.25) is 5.02 Å². The number of nitriles is 1. The van der Waals surface area contributed by atoms with E-state index in [2.05, 4.69) is 0 Å². The minimum absolute atomic E-state index is 0.705. The van der Waals surface area contributed by atoms with Crippen LogP contribution in [0.3, 0.4) is 0 Å². The molecule has 0 fully saturated rings. The molecule has 0 aliphatic heterocycles. The van der Waals surface area contributed by atoms with Gasteiger partial charge in [0.15, 0.2) is 0 Å². The van der Waals surface area contributed by atoms with Gasteiger partial charge in [0, 0.05) is 11.0 Å². The third-order valence-corrected chi connectivity index (χ3v) is 2.28. The molecule has 0 bridgehead atoms. The van der Waals surface area contributed by atoms with Crippen molar-refractivity contribution in [2.45, 2.75) is 0 Å². The molecule has 0 aliphatic rings. The van der Waals surface area contributed by atoms with Crippen LogP contribution in [0.15, 0.2) is 17.5 Å². The number of hydrogen-bond donors (Lipinski definition) is 0. The Balaban J connectivity index is 2.87. The quantitative estimate of drug-likeness (QED) is 0.593. The fraction of sp³-hybridized carbons (Fsp3) is 0. The van der Waals surface area contributed by atoms with Crippen molar-refractivity contribution in [1.82, 2.24) is 0 Å². The molecule has 1 aromatic rings. The summed E-state index contributed by atoms with van der Waals surface area (Å²) >= 11 is 7.24. The number of thiophene rings is 1. The normalized spacial score (nSPS) is 10.0. The van der Waals surface area contributed by atoms with Crippen molar-refractivity contribution >= 4 is 29.0 Å². The third-order valence-electron chi connectivity index (χ3n) is 0.954. The van der Waals surface area contributed by atoms with Crippen molar-refractivity contribution in [3.63, 3.8) is 0 Å². The van der Waals surface area contributed by atoms with Crippen LogP contribution in [0.25, 0.3) is 6.08 Å². The molecule has 0 spiro atoms. The molecule has 3 heteroatoms. The van der Waals surface area contributed by atoms with Gasteiger partial charge in [0.2, 0.25) is 0 Å². The lowest BCUT2D eigenvalue weighted by Gasteiger charge is -1.81. The van der Waals surface area contributed by atoms with Crippen molar-refractivity contribution in [3.8, 4) is 6.07 Å². The number of nitrogens with zero attached hydrogens (tertiary/aromatic N) is 1. The van der Waals surface area contributed by atoms with Crippen LogP contribution >= 0.6 is 22.9 Å². The Morgan fingerprint density at radius 2 is 2.50 bits per heavy atom. The Kier molecular flexibility index (Phi) is 2.49. The van der Waals surface area contributed by atoms with Gasteiger partial charge in [-0.1, -0.05) is 11.6 Å². The van der Waals surface area contributed by atoms with E-state index in [1.54, 1.807) is 6.08 Å². The van der Waals surface area contributed by atoms with Gasteiger partial charge in [0.1, 0.15) is 0 Å². The molecule has 10 heavy (non-hydrogen) atoms. The van der Waals surface area contributed by atoms with Crippen molar-refractivity contribution in [2.24, 2.45) is 0 Å². The Hall–Kier alpha value is -0.780.